The molecule has 7 nitrogen and oxygen atoms in total. The van der Waals surface area contributed by atoms with E-state index in [9.17, 15) is 4.79 Å². The first kappa shape index (κ1) is 21.6. The number of nitrogens with one attached hydrogen (secondary N) is 2. The number of hydrogen-bond acceptors (Lipinski definition) is 5. The van der Waals surface area contributed by atoms with Gasteiger partial charge in [-0.3, -0.25) is 9.36 Å². The highest BCUT2D eigenvalue weighted by molar-refractivity contribution is 6.30. The van der Waals surface area contributed by atoms with Crippen molar-refractivity contribution in [2.45, 2.75) is 13.0 Å². The summed E-state index contributed by atoms with van der Waals surface area (Å²) in [7, 11) is 0. The fourth-order valence-electron chi connectivity index (χ4n) is 3.66. The standard InChI is InChI=1S/C26H21ClN6O/c1-17(18-5-4-6-19(15-18)25(34)31-21-11-9-20(27)10-12-21)30-26-28-14-13-24(32-26)33-16-29-22-7-2-3-8-23(22)33/h2-17H,1H3,(H,31,34)(H,28,30,32). The predicted octanol–water partition coefficient (Wildman–Crippen LogP) is 5.89. The van der Waals surface area contributed by atoms with E-state index in [0.29, 0.717) is 22.2 Å². The lowest BCUT2D eigenvalue weighted by Crippen LogP contribution is -2.14. The van der Waals surface area contributed by atoms with Crippen molar-refractivity contribution in [1.29, 1.82) is 0 Å². The first-order valence-corrected chi connectivity index (χ1v) is 11.1. The summed E-state index contributed by atoms with van der Waals surface area (Å²) in [6.07, 6.45) is 3.46. The maximum atomic E-state index is 12.7. The molecule has 0 bridgehead atoms. The number of nitrogens with zero attached hydrogens (tertiary/aromatic N) is 4. The Morgan fingerprint density at radius 3 is 2.65 bits per heavy atom. The maximum Gasteiger partial charge on any atom is 0.255 e. The molecule has 5 rings (SSSR count). The predicted molar refractivity (Wildman–Crippen MR) is 135 cm³/mol. The summed E-state index contributed by atoms with van der Waals surface area (Å²) in [6.45, 7) is 2.00. The molecular weight excluding hydrogens is 448 g/mol. The summed E-state index contributed by atoms with van der Waals surface area (Å²) < 4.78 is 1.93. The van der Waals surface area contributed by atoms with Gasteiger partial charge in [0.15, 0.2) is 0 Å². The summed E-state index contributed by atoms with van der Waals surface area (Å²) >= 11 is 5.92. The Balaban J connectivity index is 1.33. The van der Waals surface area contributed by atoms with Crippen molar-refractivity contribution in [3.8, 4) is 5.82 Å². The third-order valence-electron chi connectivity index (χ3n) is 5.44. The Morgan fingerprint density at radius 1 is 0.971 bits per heavy atom. The van der Waals surface area contributed by atoms with E-state index in [2.05, 4.69) is 25.6 Å². The highest BCUT2D eigenvalue weighted by Gasteiger charge is 2.13. The number of carbonyl (C=O) groups is 1. The normalized spacial score (nSPS) is 11.8. The second kappa shape index (κ2) is 9.33. The Kier molecular flexibility index (Phi) is 5.93. The van der Waals surface area contributed by atoms with Gasteiger partial charge in [-0.15, -0.1) is 0 Å². The van der Waals surface area contributed by atoms with Crippen molar-refractivity contribution in [1.82, 2.24) is 19.5 Å². The van der Waals surface area contributed by atoms with E-state index < -0.39 is 0 Å². The van der Waals surface area contributed by atoms with Gasteiger partial charge in [-0.05, 0) is 67.1 Å². The molecule has 168 valence electrons. The summed E-state index contributed by atoms with van der Waals surface area (Å²) in [4.78, 5) is 26.2. The number of amides is 1. The van der Waals surface area contributed by atoms with Crippen molar-refractivity contribution in [2.24, 2.45) is 0 Å². The number of rotatable bonds is 6. The molecule has 8 heteroatoms. The highest BCUT2D eigenvalue weighted by Crippen LogP contribution is 2.21. The van der Waals surface area contributed by atoms with Gasteiger partial charge in [-0.1, -0.05) is 35.9 Å². The van der Waals surface area contributed by atoms with E-state index in [1.807, 2.05) is 60.0 Å². The molecule has 0 aliphatic heterocycles. The zero-order valence-corrected chi connectivity index (χ0v) is 19.1. The molecule has 2 aromatic heterocycles. The largest absolute Gasteiger partial charge is 0.348 e. The van der Waals surface area contributed by atoms with Crippen LogP contribution in [-0.2, 0) is 0 Å². The monoisotopic (exact) mass is 468 g/mol. The molecule has 1 atom stereocenters. The molecule has 0 saturated heterocycles. The van der Waals surface area contributed by atoms with Gasteiger partial charge in [0.05, 0.1) is 17.1 Å². The summed E-state index contributed by atoms with van der Waals surface area (Å²) in [5, 5.41) is 6.83. The zero-order valence-electron chi connectivity index (χ0n) is 18.3. The lowest BCUT2D eigenvalue weighted by atomic mass is 10.0. The molecule has 0 aliphatic rings. The number of aromatic nitrogens is 4. The Hall–Kier alpha value is -4.23. The van der Waals surface area contributed by atoms with Crippen LogP contribution in [0.5, 0.6) is 0 Å². The summed E-state index contributed by atoms with van der Waals surface area (Å²) in [6, 6.07) is 24.1. The molecular formula is C26H21ClN6O. The number of imidazole rings is 1. The van der Waals surface area contributed by atoms with Crippen LogP contribution in [0.3, 0.4) is 0 Å². The molecule has 2 heterocycles. The van der Waals surface area contributed by atoms with E-state index in [1.165, 1.54) is 0 Å². The molecule has 5 aromatic rings. The quantitative estimate of drug-likeness (QED) is 0.324. The smallest absolute Gasteiger partial charge is 0.255 e. The first-order valence-electron chi connectivity index (χ1n) is 10.8. The van der Waals surface area contributed by atoms with Crippen LogP contribution in [-0.4, -0.2) is 25.4 Å². The summed E-state index contributed by atoms with van der Waals surface area (Å²) in [5.74, 6) is 1.01. The number of benzene rings is 3. The van der Waals surface area contributed by atoms with Gasteiger partial charge in [-0.25, -0.2) is 9.97 Å². The maximum absolute atomic E-state index is 12.7. The molecule has 0 fully saturated rings. The van der Waals surface area contributed by atoms with Gasteiger partial charge >= 0.3 is 0 Å². The molecule has 0 radical (unpaired) electrons. The van der Waals surface area contributed by atoms with Crippen LogP contribution in [0.1, 0.15) is 28.9 Å². The van der Waals surface area contributed by atoms with Gasteiger partial charge in [0.2, 0.25) is 5.95 Å². The van der Waals surface area contributed by atoms with Crippen LogP contribution in [0.2, 0.25) is 5.02 Å². The van der Waals surface area contributed by atoms with E-state index >= 15 is 0 Å². The third-order valence-corrected chi connectivity index (χ3v) is 5.69. The van der Waals surface area contributed by atoms with Crippen LogP contribution in [0.15, 0.2) is 91.4 Å². The molecule has 0 aliphatic carbocycles. The van der Waals surface area contributed by atoms with Crippen molar-refractivity contribution in [3.63, 3.8) is 0 Å². The zero-order chi connectivity index (χ0) is 23.5. The van der Waals surface area contributed by atoms with Crippen molar-refractivity contribution in [3.05, 3.63) is 108 Å². The van der Waals surface area contributed by atoms with E-state index in [4.69, 9.17) is 11.6 Å². The number of para-hydroxylation sites is 2. The van der Waals surface area contributed by atoms with E-state index in [-0.39, 0.29) is 11.9 Å². The van der Waals surface area contributed by atoms with Crippen LogP contribution in [0.25, 0.3) is 16.9 Å². The van der Waals surface area contributed by atoms with E-state index in [1.54, 1.807) is 42.9 Å². The molecule has 1 unspecified atom stereocenters. The molecule has 34 heavy (non-hydrogen) atoms. The number of fused-ring (bicyclic) bond motifs is 1. The number of carbonyl (C=O) groups excluding carboxylic acids is 1. The van der Waals surface area contributed by atoms with Crippen LogP contribution < -0.4 is 10.6 Å². The fourth-order valence-corrected chi connectivity index (χ4v) is 3.78. The Labute approximate surface area is 201 Å². The SMILES string of the molecule is CC(Nc1nccc(-n2cnc3ccccc32)n1)c1cccc(C(=O)Nc2ccc(Cl)cc2)c1. The molecule has 0 spiro atoms. The van der Waals surface area contributed by atoms with Gasteiger partial charge in [0.1, 0.15) is 12.1 Å². The average Bonchev–Trinajstić information content (AvgIpc) is 3.30. The van der Waals surface area contributed by atoms with Gasteiger partial charge in [0.25, 0.3) is 5.91 Å². The Morgan fingerprint density at radius 2 is 1.79 bits per heavy atom. The lowest BCUT2D eigenvalue weighted by Gasteiger charge is -2.16. The second-order valence-corrected chi connectivity index (χ2v) is 8.23. The lowest BCUT2D eigenvalue weighted by molar-refractivity contribution is 0.102. The number of anilines is 2. The van der Waals surface area contributed by atoms with Crippen LogP contribution in [0.4, 0.5) is 11.6 Å². The Bertz CT molecular complexity index is 1460. The van der Waals surface area contributed by atoms with Crippen LogP contribution >= 0.6 is 11.6 Å². The van der Waals surface area contributed by atoms with Gasteiger partial charge in [0, 0.05) is 22.5 Å². The molecule has 0 saturated carbocycles. The van der Waals surface area contributed by atoms with Crippen molar-refractivity contribution >= 4 is 40.2 Å². The summed E-state index contributed by atoms with van der Waals surface area (Å²) in [5.41, 5.74) is 4.05. The third kappa shape index (κ3) is 4.60. The number of hydrogen-bond donors (Lipinski definition) is 2. The average molecular weight is 469 g/mol. The molecule has 3 aromatic carbocycles. The first-order chi connectivity index (χ1) is 16.6. The second-order valence-electron chi connectivity index (χ2n) is 7.79. The van der Waals surface area contributed by atoms with Crippen LogP contribution in [0, 0.1) is 0 Å². The molecule has 2 N–H and O–H groups in total. The van der Waals surface area contributed by atoms with Crippen molar-refractivity contribution in [2.75, 3.05) is 10.6 Å². The minimum absolute atomic E-state index is 0.127. The molecule has 1 amide bonds. The van der Waals surface area contributed by atoms with Gasteiger partial charge in [-0.2, -0.15) is 4.98 Å². The van der Waals surface area contributed by atoms with Crippen molar-refractivity contribution < 1.29 is 4.79 Å². The minimum atomic E-state index is -0.193. The highest BCUT2D eigenvalue weighted by atomic mass is 35.5. The fraction of sp³-hybridized carbons (Fsp3) is 0.0769. The van der Waals surface area contributed by atoms with E-state index in [0.717, 1.165) is 22.4 Å². The minimum Gasteiger partial charge on any atom is -0.348 e. The topological polar surface area (TPSA) is 84.7 Å². The number of halogens is 1. The van der Waals surface area contributed by atoms with Gasteiger partial charge < -0.3 is 10.6 Å².